The molecule has 4 rings (SSSR count). The Kier molecular flexibility index (Phi) is 5.79. The molecule has 0 heterocycles. The van der Waals surface area contributed by atoms with Gasteiger partial charge in [-0.05, 0) is 79.1 Å². The predicted octanol–water partition coefficient (Wildman–Crippen LogP) is 4.58. The molecule has 6 nitrogen and oxygen atoms in total. The van der Waals surface area contributed by atoms with Gasteiger partial charge in [0.15, 0.2) is 0 Å². The van der Waals surface area contributed by atoms with Gasteiger partial charge in [0.1, 0.15) is 16.8 Å². The molecule has 0 radical (unpaired) electrons. The number of hydrogen-bond donors (Lipinski definition) is 0. The van der Waals surface area contributed by atoms with Gasteiger partial charge in [-0.25, -0.2) is 0 Å². The number of carbonyl (C=O) groups is 3. The average molecular weight is 423 g/mol. The van der Waals surface area contributed by atoms with Crippen LogP contribution in [0, 0.1) is 23.2 Å². The van der Waals surface area contributed by atoms with E-state index in [2.05, 4.69) is 0 Å². The molecule has 2 unspecified atom stereocenters. The van der Waals surface area contributed by atoms with Crippen LogP contribution in [0.3, 0.4) is 0 Å². The average Bonchev–Trinajstić information content (AvgIpc) is 2.56. The highest BCUT2D eigenvalue weighted by molar-refractivity contribution is 5.76. The van der Waals surface area contributed by atoms with Gasteiger partial charge < -0.3 is 14.2 Å². The molecule has 0 spiro atoms. The van der Waals surface area contributed by atoms with Crippen molar-refractivity contribution in [2.45, 2.75) is 110 Å². The Hall–Kier alpha value is -1.59. The topological polar surface area (TPSA) is 78.9 Å². The molecule has 30 heavy (non-hydrogen) atoms. The molecule has 0 saturated heterocycles. The largest absolute Gasteiger partial charge is 0.460 e. The summed E-state index contributed by atoms with van der Waals surface area (Å²) in [5, 5.41) is 0. The van der Waals surface area contributed by atoms with Crippen LogP contribution in [0.1, 0.15) is 93.4 Å². The maximum absolute atomic E-state index is 12.9. The minimum absolute atomic E-state index is 0.00212. The van der Waals surface area contributed by atoms with Crippen LogP contribution >= 0.6 is 0 Å². The second kappa shape index (κ2) is 7.52. The lowest BCUT2D eigenvalue weighted by Gasteiger charge is -2.63. The van der Waals surface area contributed by atoms with Gasteiger partial charge in [-0.15, -0.1) is 0 Å². The Morgan fingerprint density at radius 3 is 1.97 bits per heavy atom. The van der Waals surface area contributed by atoms with Crippen molar-refractivity contribution >= 4 is 17.9 Å². The third-order valence-corrected chi connectivity index (χ3v) is 7.44. The Labute approximate surface area is 180 Å². The summed E-state index contributed by atoms with van der Waals surface area (Å²) >= 11 is 0. The smallest absolute Gasteiger partial charge is 0.312 e. The van der Waals surface area contributed by atoms with E-state index in [1.807, 2.05) is 41.5 Å². The van der Waals surface area contributed by atoms with Crippen LogP contribution in [0.4, 0.5) is 0 Å². The van der Waals surface area contributed by atoms with Crippen LogP contribution in [0.15, 0.2) is 0 Å². The van der Waals surface area contributed by atoms with Gasteiger partial charge in [0.25, 0.3) is 0 Å². The summed E-state index contributed by atoms with van der Waals surface area (Å²) in [7, 11) is 0. The van der Waals surface area contributed by atoms with Crippen molar-refractivity contribution in [1.82, 2.24) is 0 Å². The fraction of sp³-hybridized carbons (Fsp3) is 0.875. The van der Waals surface area contributed by atoms with Crippen molar-refractivity contribution in [3.63, 3.8) is 0 Å². The fourth-order valence-corrected chi connectivity index (χ4v) is 5.95. The minimum atomic E-state index is -0.860. The molecule has 170 valence electrons. The zero-order valence-electron chi connectivity index (χ0n) is 19.6. The van der Waals surface area contributed by atoms with E-state index in [4.69, 9.17) is 14.2 Å². The molecule has 0 aromatic rings. The first kappa shape index (κ1) is 23.1. The van der Waals surface area contributed by atoms with E-state index >= 15 is 0 Å². The molecular formula is C24H38O6. The first-order valence-corrected chi connectivity index (χ1v) is 11.4. The monoisotopic (exact) mass is 422 g/mol. The second-order valence-corrected chi connectivity index (χ2v) is 11.5. The van der Waals surface area contributed by atoms with Crippen LogP contribution in [-0.4, -0.2) is 34.7 Å². The molecule has 4 fully saturated rings. The second-order valence-electron chi connectivity index (χ2n) is 11.5. The SMILES string of the molecule is CCC(C)(C)C(=O)OC12CC3CC(C1)C(CC(=O)OC(C)(C)C)(OC(C)=O)C(C3)C2. The van der Waals surface area contributed by atoms with E-state index in [1.54, 1.807) is 0 Å². The lowest BCUT2D eigenvalue weighted by molar-refractivity contribution is -0.254. The quantitative estimate of drug-likeness (QED) is 0.460. The van der Waals surface area contributed by atoms with Crippen molar-refractivity contribution in [3.05, 3.63) is 0 Å². The first-order chi connectivity index (χ1) is 13.7. The predicted molar refractivity (Wildman–Crippen MR) is 111 cm³/mol. The van der Waals surface area contributed by atoms with E-state index in [1.165, 1.54) is 6.92 Å². The van der Waals surface area contributed by atoms with Gasteiger partial charge >= 0.3 is 17.9 Å². The molecule has 0 N–H and O–H groups in total. The zero-order chi connectivity index (χ0) is 22.5. The van der Waals surface area contributed by atoms with Crippen LogP contribution in [-0.2, 0) is 28.6 Å². The molecular weight excluding hydrogens is 384 g/mol. The fourth-order valence-electron chi connectivity index (χ4n) is 5.95. The third kappa shape index (κ3) is 4.38. The van der Waals surface area contributed by atoms with Crippen molar-refractivity contribution in [3.8, 4) is 0 Å². The molecule has 4 bridgehead atoms. The number of ether oxygens (including phenoxy) is 3. The van der Waals surface area contributed by atoms with Crippen molar-refractivity contribution in [1.29, 1.82) is 0 Å². The molecule has 2 atom stereocenters. The third-order valence-electron chi connectivity index (χ3n) is 7.44. The molecule has 0 aliphatic heterocycles. The van der Waals surface area contributed by atoms with Gasteiger partial charge in [0, 0.05) is 18.8 Å². The van der Waals surface area contributed by atoms with Crippen molar-refractivity contribution < 1.29 is 28.6 Å². The lowest BCUT2D eigenvalue weighted by atomic mass is 9.47. The van der Waals surface area contributed by atoms with Gasteiger partial charge in [-0.3, -0.25) is 14.4 Å². The number of esters is 3. The number of hydrogen-bond acceptors (Lipinski definition) is 6. The van der Waals surface area contributed by atoms with Crippen molar-refractivity contribution in [2.24, 2.45) is 23.2 Å². The summed E-state index contributed by atoms with van der Waals surface area (Å²) in [4.78, 5) is 37.7. The van der Waals surface area contributed by atoms with Crippen molar-refractivity contribution in [2.75, 3.05) is 0 Å². The van der Waals surface area contributed by atoms with Crippen LogP contribution in [0.25, 0.3) is 0 Å². The highest BCUT2D eigenvalue weighted by Crippen LogP contribution is 2.63. The summed E-state index contributed by atoms with van der Waals surface area (Å²) in [5.41, 5.74) is -2.48. The zero-order valence-corrected chi connectivity index (χ0v) is 19.6. The van der Waals surface area contributed by atoms with Crippen LogP contribution in [0.2, 0.25) is 0 Å². The summed E-state index contributed by atoms with van der Waals surface area (Å²) in [5.74, 6) is -0.437. The van der Waals surface area contributed by atoms with Gasteiger partial charge in [0.05, 0.1) is 11.8 Å². The summed E-state index contributed by atoms with van der Waals surface area (Å²) < 4.78 is 17.7. The first-order valence-electron chi connectivity index (χ1n) is 11.4. The molecule has 0 aromatic carbocycles. The Bertz CT molecular complexity index is 700. The highest BCUT2D eigenvalue weighted by atomic mass is 16.6. The molecule has 0 amide bonds. The number of carbonyl (C=O) groups excluding carboxylic acids is 3. The molecule has 4 aliphatic carbocycles. The van der Waals surface area contributed by atoms with Crippen LogP contribution < -0.4 is 0 Å². The summed E-state index contributed by atoms with van der Waals surface area (Å²) in [6, 6.07) is 0. The maximum atomic E-state index is 12.9. The standard InChI is InChI=1S/C24H38O6/c1-8-22(6,7)20(27)30-23-11-16-9-17(12-23)24(28-15(2)25,18(10-16)13-23)14-19(26)29-21(3,4)5/h16-18H,8-14H2,1-7H3. The van der Waals surface area contributed by atoms with E-state index < -0.39 is 22.2 Å². The molecule has 4 saturated carbocycles. The van der Waals surface area contributed by atoms with Crippen LogP contribution in [0.5, 0.6) is 0 Å². The highest BCUT2D eigenvalue weighted by Gasteiger charge is 2.66. The lowest BCUT2D eigenvalue weighted by Crippen LogP contribution is -2.66. The molecule has 6 heteroatoms. The maximum Gasteiger partial charge on any atom is 0.312 e. The van der Waals surface area contributed by atoms with Gasteiger partial charge in [-0.1, -0.05) is 6.92 Å². The molecule has 4 aliphatic rings. The van der Waals surface area contributed by atoms with E-state index in [-0.39, 0.29) is 36.2 Å². The normalized spacial score (nSPS) is 35.1. The number of rotatable bonds is 6. The van der Waals surface area contributed by atoms with Gasteiger partial charge in [-0.2, -0.15) is 0 Å². The summed E-state index contributed by atoms with van der Waals surface area (Å²) in [6.45, 7) is 12.7. The Morgan fingerprint density at radius 1 is 0.933 bits per heavy atom. The van der Waals surface area contributed by atoms with E-state index in [0.29, 0.717) is 25.2 Å². The van der Waals surface area contributed by atoms with E-state index in [0.717, 1.165) is 19.3 Å². The molecule has 0 aromatic heterocycles. The van der Waals surface area contributed by atoms with E-state index in [9.17, 15) is 14.4 Å². The minimum Gasteiger partial charge on any atom is -0.460 e. The Balaban J connectivity index is 1.86. The Morgan fingerprint density at radius 2 is 1.50 bits per heavy atom. The van der Waals surface area contributed by atoms with Gasteiger partial charge in [0.2, 0.25) is 0 Å². The summed E-state index contributed by atoms with van der Waals surface area (Å²) in [6.07, 6.45) is 4.72.